The second kappa shape index (κ2) is 3.87. The maximum Gasteiger partial charge on any atom is 0.104 e. The topological polar surface area (TPSA) is 21.8 Å². The third-order valence-electron chi connectivity index (χ3n) is 2.05. The number of rotatable bonds is 4. The van der Waals surface area contributed by atoms with E-state index < -0.39 is 0 Å². The summed E-state index contributed by atoms with van der Waals surface area (Å²) in [6.45, 7) is 2.39. The van der Waals surface area contributed by atoms with Gasteiger partial charge in [-0.3, -0.25) is 0 Å². The molecule has 2 aliphatic rings. The summed E-state index contributed by atoms with van der Waals surface area (Å²) in [5.41, 5.74) is 1.31. The van der Waals surface area contributed by atoms with E-state index in [0.29, 0.717) is 6.10 Å². The summed E-state index contributed by atoms with van der Waals surface area (Å²) in [6.07, 6.45) is 9.32. The molecule has 0 radical (unpaired) electrons. The fourth-order valence-electron chi connectivity index (χ4n) is 1.25. The predicted molar refractivity (Wildman–Crippen MR) is 47.0 cm³/mol. The van der Waals surface area contributed by atoms with Crippen molar-refractivity contribution in [2.24, 2.45) is 0 Å². The molecule has 2 rings (SSSR count). The second-order valence-corrected chi connectivity index (χ2v) is 3.23. The average molecular weight is 166 g/mol. The van der Waals surface area contributed by atoms with Crippen molar-refractivity contribution in [1.29, 1.82) is 0 Å². The minimum absolute atomic E-state index is 0.387. The van der Waals surface area contributed by atoms with Gasteiger partial charge in [0.2, 0.25) is 0 Å². The average Bonchev–Trinajstić information content (AvgIpc) is 2.90. The van der Waals surface area contributed by atoms with Gasteiger partial charge in [0.1, 0.15) is 6.10 Å². The molecule has 0 aromatic rings. The quantitative estimate of drug-likeness (QED) is 0.593. The van der Waals surface area contributed by atoms with Crippen LogP contribution < -0.4 is 0 Å². The van der Waals surface area contributed by atoms with Gasteiger partial charge in [0.15, 0.2) is 0 Å². The van der Waals surface area contributed by atoms with E-state index in [4.69, 9.17) is 9.47 Å². The van der Waals surface area contributed by atoms with Gasteiger partial charge in [-0.2, -0.15) is 0 Å². The lowest BCUT2D eigenvalue weighted by Gasteiger charge is -2.06. The summed E-state index contributed by atoms with van der Waals surface area (Å²) in [4.78, 5) is 0. The molecular formula is C10H14O2. The van der Waals surface area contributed by atoms with E-state index in [0.717, 1.165) is 26.2 Å². The number of ether oxygens (including phenoxy) is 2. The van der Waals surface area contributed by atoms with E-state index in [1.165, 1.54) is 12.0 Å². The van der Waals surface area contributed by atoms with Crippen LogP contribution in [0.15, 0.2) is 23.8 Å². The molecule has 1 fully saturated rings. The summed E-state index contributed by atoms with van der Waals surface area (Å²) in [5.74, 6) is 0. The fourth-order valence-corrected chi connectivity index (χ4v) is 1.25. The van der Waals surface area contributed by atoms with Crippen molar-refractivity contribution in [2.45, 2.75) is 18.9 Å². The smallest absolute Gasteiger partial charge is 0.104 e. The van der Waals surface area contributed by atoms with Crippen LogP contribution in [-0.2, 0) is 9.47 Å². The zero-order valence-corrected chi connectivity index (χ0v) is 7.16. The van der Waals surface area contributed by atoms with E-state index in [2.05, 4.69) is 18.2 Å². The van der Waals surface area contributed by atoms with Crippen LogP contribution in [0.1, 0.15) is 12.8 Å². The molecule has 12 heavy (non-hydrogen) atoms. The Labute approximate surface area is 72.9 Å². The fraction of sp³-hybridized carbons (Fsp3) is 0.600. The zero-order chi connectivity index (χ0) is 8.23. The van der Waals surface area contributed by atoms with E-state index in [9.17, 15) is 0 Å². The maximum absolute atomic E-state index is 5.45. The molecule has 1 unspecified atom stereocenters. The second-order valence-electron chi connectivity index (χ2n) is 3.23. The van der Waals surface area contributed by atoms with Crippen LogP contribution in [0, 0.1) is 0 Å². The standard InChI is InChI=1S/C10H14O2/c1-2-4-9(5-3-1)6-11-7-10-8-12-10/h2,4-5,10H,1,3,6-8H2. The Bertz CT molecular complexity index is 202. The van der Waals surface area contributed by atoms with Crippen molar-refractivity contribution < 1.29 is 9.47 Å². The summed E-state index contributed by atoms with van der Waals surface area (Å²) >= 11 is 0. The van der Waals surface area contributed by atoms with Crippen LogP contribution in [0.5, 0.6) is 0 Å². The van der Waals surface area contributed by atoms with Crippen molar-refractivity contribution in [1.82, 2.24) is 0 Å². The van der Waals surface area contributed by atoms with E-state index in [1.807, 2.05) is 0 Å². The van der Waals surface area contributed by atoms with Gasteiger partial charge in [-0.25, -0.2) is 0 Å². The molecule has 1 aliphatic heterocycles. The lowest BCUT2D eigenvalue weighted by atomic mass is 10.1. The maximum atomic E-state index is 5.45. The molecule has 0 aromatic carbocycles. The Morgan fingerprint density at radius 1 is 1.50 bits per heavy atom. The lowest BCUT2D eigenvalue weighted by Crippen LogP contribution is -2.04. The highest BCUT2D eigenvalue weighted by molar-refractivity contribution is 5.22. The van der Waals surface area contributed by atoms with E-state index >= 15 is 0 Å². The highest BCUT2D eigenvalue weighted by Gasteiger charge is 2.22. The first kappa shape index (κ1) is 8.02. The molecule has 0 saturated carbocycles. The Hall–Kier alpha value is -0.600. The lowest BCUT2D eigenvalue weighted by molar-refractivity contribution is 0.137. The minimum atomic E-state index is 0.387. The highest BCUT2D eigenvalue weighted by Crippen LogP contribution is 2.12. The van der Waals surface area contributed by atoms with Gasteiger partial charge < -0.3 is 9.47 Å². The minimum Gasteiger partial charge on any atom is -0.374 e. The van der Waals surface area contributed by atoms with Crippen molar-refractivity contribution in [3.63, 3.8) is 0 Å². The summed E-state index contributed by atoms with van der Waals surface area (Å²) < 4.78 is 10.5. The number of hydrogen-bond acceptors (Lipinski definition) is 2. The molecule has 0 aromatic heterocycles. The Kier molecular flexibility index (Phi) is 2.59. The largest absolute Gasteiger partial charge is 0.374 e. The van der Waals surface area contributed by atoms with Crippen LogP contribution in [0.4, 0.5) is 0 Å². The molecular weight excluding hydrogens is 152 g/mol. The van der Waals surface area contributed by atoms with Crippen LogP contribution in [0.3, 0.4) is 0 Å². The number of epoxide rings is 1. The number of hydrogen-bond donors (Lipinski definition) is 0. The highest BCUT2D eigenvalue weighted by atomic mass is 16.6. The van der Waals surface area contributed by atoms with Gasteiger partial charge in [0.05, 0.1) is 19.8 Å². The van der Waals surface area contributed by atoms with Crippen LogP contribution in [-0.4, -0.2) is 25.9 Å². The molecule has 0 bridgehead atoms. The van der Waals surface area contributed by atoms with Crippen molar-refractivity contribution in [3.05, 3.63) is 23.8 Å². The SMILES string of the molecule is C1=CC(COCC2CO2)=CCC1. The first-order chi connectivity index (χ1) is 5.95. The van der Waals surface area contributed by atoms with Gasteiger partial charge in [-0.15, -0.1) is 0 Å². The van der Waals surface area contributed by atoms with Gasteiger partial charge in [0.25, 0.3) is 0 Å². The Morgan fingerprint density at radius 3 is 3.08 bits per heavy atom. The molecule has 1 heterocycles. The van der Waals surface area contributed by atoms with Crippen LogP contribution >= 0.6 is 0 Å². The first-order valence-corrected chi connectivity index (χ1v) is 4.50. The molecule has 2 nitrogen and oxygen atoms in total. The van der Waals surface area contributed by atoms with Gasteiger partial charge in [0, 0.05) is 0 Å². The monoisotopic (exact) mass is 166 g/mol. The third-order valence-corrected chi connectivity index (χ3v) is 2.05. The number of allylic oxidation sites excluding steroid dienone is 2. The molecule has 1 aliphatic carbocycles. The first-order valence-electron chi connectivity index (χ1n) is 4.50. The Balaban J connectivity index is 1.64. The van der Waals surface area contributed by atoms with Crippen LogP contribution in [0.2, 0.25) is 0 Å². The molecule has 1 saturated heterocycles. The third kappa shape index (κ3) is 2.47. The molecule has 2 heteroatoms. The molecule has 1 atom stereocenters. The van der Waals surface area contributed by atoms with Crippen molar-refractivity contribution in [2.75, 3.05) is 19.8 Å². The van der Waals surface area contributed by atoms with Gasteiger partial charge >= 0.3 is 0 Å². The van der Waals surface area contributed by atoms with Crippen molar-refractivity contribution >= 4 is 0 Å². The van der Waals surface area contributed by atoms with E-state index in [1.54, 1.807) is 0 Å². The Morgan fingerprint density at radius 2 is 2.42 bits per heavy atom. The summed E-state index contributed by atoms with van der Waals surface area (Å²) in [6, 6.07) is 0. The van der Waals surface area contributed by atoms with Gasteiger partial charge in [-0.05, 0) is 18.4 Å². The van der Waals surface area contributed by atoms with Gasteiger partial charge in [-0.1, -0.05) is 18.2 Å². The molecule has 0 N–H and O–H groups in total. The summed E-state index contributed by atoms with van der Waals surface area (Å²) in [7, 11) is 0. The van der Waals surface area contributed by atoms with E-state index in [-0.39, 0.29) is 0 Å². The molecule has 0 amide bonds. The molecule has 0 spiro atoms. The predicted octanol–water partition coefficient (Wildman–Crippen LogP) is 1.68. The molecule has 66 valence electrons. The normalized spacial score (nSPS) is 27.0. The summed E-state index contributed by atoms with van der Waals surface area (Å²) in [5, 5.41) is 0. The van der Waals surface area contributed by atoms with Crippen molar-refractivity contribution in [3.8, 4) is 0 Å². The van der Waals surface area contributed by atoms with Crippen LogP contribution in [0.25, 0.3) is 0 Å². The zero-order valence-electron chi connectivity index (χ0n) is 7.16.